The molecule has 0 aliphatic carbocycles. The number of amides is 2. The average Bonchev–Trinajstić information content (AvgIpc) is 2.53. The van der Waals surface area contributed by atoms with Gasteiger partial charge in [0.1, 0.15) is 5.75 Å². The summed E-state index contributed by atoms with van der Waals surface area (Å²) in [5.41, 5.74) is 0.740. The van der Waals surface area contributed by atoms with Crippen LogP contribution in [0.3, 0.4) is 0 Å². The molecule has 0 atom stereocenters. The highest BCUT2D eigenvalue weighted by atomic mass is 32.2. The highest BCUT2D eigenvalue weighted by Gasteiger charge is 2.01. The van der Waals surface area contributed by atoms with E-state index in [0.717, 1.165) is 17.2 Å². The first-order valence-corrected chi connectivity index (χ1v) is 7.63. The van der Waals surface area contributed by atoms with Gasteiger partial charge in [-0.25, -0.2) is 4.79 Å². The first-order valence-electron chi connectivity index (χ1n) is 6.64. The van der Waals surface area contributed by atoms with Gasteiger partial charge < -0.3 is 15.4 Å². The molecule has 21 heavy (non-hydrogen) atoms. The minimum atomic E-state index is -0.200. The van der Waals surface area contributed by atoms with Gasteiger partial charge in [0.2, 0.25) is 0 Å². The standard InChI is InChI=1S/C16H18N2O2S/c1-20-14-9-7-13(8-10-14)18-16(19)17-11-12-21-15-5-3-2-4-6-15/h2-10H,11-12H2,1H3,(H2,17,18,19). The maximum absolute atomic E-state index is 11.7. The molecule has 0 radical (unpaired) electrons. The van der Waals surface area contributed by atoms with Crippen LogP contribution in [0.2, 0.25) is 0 Å². The van der Waals surface area contributed by atoms with Crippen LogP contribution < -0.4 is 15.4 Å². The molecule has 0 bridgehead atoms. The lowest BCUT2D eigenvalue weighted by Gasteiger charge is -2.08. The van der Waals surface area contributed by atoms with Crippen LogP contribution in [0.1, 0.15) is 0 Å². The van der Waals surface area contributed by atoms with Crippen LogP contribution in [0.25, 0.3) is 0 Å². The fourth-order valence-corrected chi connectivity index (χ4v) is 2.49. The van der Waals surface area contributed by atoms with Crippen molar-refractivity contribution in [1.82, 2.24) is 5.32 Å². The molecule has 110 valence electrons. The molecule has 2 rings (SSSR count). The third-order valence-corrected chi connectivity index (χ3v) is 3.76. The van der Waals surface area contributed by atoms with Crippen molar-refractivity contribution in [2.75, 3.05) is 24.7 Å². The van der Waals surface area contributed by atoms with E-state index in [0.29, 0.717) is 6.54 Å². The summed E-state index contributed by atoms with van der Waals surface area (Å²) < 4.78 is 5.06. The van der Waals surface area contributed by atoms with E-state index in [9.17, 15) is 4.79 Å². The first kappa shape index (κ1) is 15.3. The lowest BCUT2D eigenvalue weighted by atomic mass is 10.3. The number of hydrogen-bond donors (Lipinski definition) is 2. The monoisotopic (exact) mass is 302 g/mol. The van der Waals surface area contributed by atoms with E-state index in [2.05, 4.69) is 22.8 Å². The first-order chi connectivity index (χ1) is 10.3. The summed E-state index contributed by atoms with van der Waals surface area (Å²) in [5.74, 6) is 1.60. The van der Waals surface area contributed by atoms with E-state index in [1.165, 1.54) is 4.90 Å². The lowest BCUT2D eigenvalue weighted by Crippen LogP contribution is -2.30. The summed E-state index contributed by atoms with van der Waals surface area (Å²) in [6.07, 6.45) is 0. The number of methoxy groups -OCH3 is 1. The van der Waals surface area contributed by atoms with Crippen LogP contribution in [0.5, 0.6) is 5.75 Å². The molecule has 0 aromatic heterocycles. The third-order valence-electron chi connectivity index (χ3n) is 2.75. The van der Waals surface area contributed by atoms with Crippen molar-refractivity contribution >= 4 is 23.5 Å². The molecule has 2 amide bonds. The quantitative estimate of drug-likeness (QED) is 0.633. The Kier molecular flexibility index (Phi) is 5.97. The van der Waals surface area contributed by atoms with Crippen molar-refractivity contribution in [3.05, 3.63) is 54.6 Å². The van der Waals surface area contributed by atoms with Crippen molar-refractivity contribution in [1.29, 1.82) is 0 Å². The molecular weight excluding hydrogens is 284 g/mol. The highest BCUT2D eigenvalue weighted by Crippen LogP contribution is 2.16. The van der Waals surface area contributed by atoms with Crippen LogP contribution in [0.15, 0.2) is 59.5 Å². The molecule has 0 aliphatic heterocycles. The number of thioether (sulfide) groups is 1. The maximum atomic E-state index is 11.7. The molecule has 4 nitrogen and oxygen atoms in total. The largest absolute Gasteiger partial charge is 0.497 e. The second-order valence-electron chi connectivity index (χ2n) is 4.27. The second-order valence-corrected chi connectivity index (χ2v) is 5.44. The third kappa shape index (κ3) is 5.39. The van der Waals surface area contributed by atoms with E-state index >= 15 is 0 Å². The Morgan fingerprint density at radius 2 is 1.81 bits per heavy atom. The summed E-state index contributed by atoms with van der Waals surface area (Å²) in [6, 6.07) is 17.1. The number of urea groups is 1. The van der Waals surface area contributed by atoms with E-state index in [1.54, 1.807) is 43.1 Å². The van der Waals surface area contributed by atoms with Gasteiger partial charge in [0.25, 0.3) is 0 Å². The zero-order valence-electron chi connectivity index (χ0n) is 11.8. The number of rotatable bonds is 6. The molecule has 0 saturated heterocycles. The van der Waals surface area contributed by atoms with Gasteiger partial charge in [0.05, 0.1) is 7.11 Å². The number of benzene rings is 2. The van der Waals surface area contributed by atoms with E-state index in [-0.39, 0.29) is 6.03 Å². The van der Waals surface area contributed by atoms with E-state index in [1.807, 2.05) is 18.2 Å². The zero-order valence-corrected chi connectivity index (χ0v) is 12.7. The van der Waals surface area contributed by atoms with Gasteiger partial charge >= 0.3 is 6.03 Å². The lowest BCUT2D eigenvalue weighted by molar-refractivity contribution is 0.252. The summed E-state index contributed by atoms with van der Waals surface area (Å²) in [5, 5.41) is 5.60. The molecule has 0 unspecified atom stereocenters. The molecule has 0 spiro atoms. The summed E-state index contributed by atoms with van der Waals surface area (Å²) in [6.45, 7) is 0.613. The van der Waals surface area contributed by atoms with Crippen molar-refractivity contribution in [2.24, 2.45) is 0 Å². The fourth-order valence-electron chi connectivity index (χ4n) is 1.70. The van der Waals surface area contributed by atoms with Crippen LogP contribution in [0.4, 0.5) is 10.5 Å². The Hall–Kier alpha value is -2.14. The molecule has 0 fully saturated rings. The van der Waals surface area contributed by atoms with Crippen molar-refractivity contribution in [3.8, 4) is 5.75 Å². The molecule has 2 aromatic rings. The van der Waals surface area contributed by atoms with Gasteiger partial charge in [-0.2, -0.15) is 0 Å². The van der Waals surface area contributed by atoms with Gasteiger partial charge in [-0.15, -0.1) is 11.8 Å². The molecular formula is C16H18N2O2S. The number of carbonyl (C=O) groups is 1. The Morgan fingerprint density at radius 1 is 1.10 bits per heavy atom. The Balaban J connectivity index is 1.67. The Bertz CT molecular complexity index is 558. The molecule has 2 aromatic carbocycles. The summed E-state index contributed by atoms with van der Waals surface area (Å²) >= 11 is 1.71. The number of carbonyl (C=O) groups excluding carboxylic acids is 1. The molecule has 0 aliphatic rings. The van der Waals surface area contributed by atoms with Crippen molar-refractivity contribution in [2.45, 2.75) is 4.90 Å². The molecule has 2 N–H and O–H groups in total. The van der Waals surface area contributed by atoms with Gasteiger partial charge in [0, 0.05) is 22.9 Å². The van der Waals surface area contributed by atoms with Gasteiger partial charge in [-0.05, 0) is 36.4 Å². The predicted molar refractivity (Wildman–Crippen MR) is 87.2 cm³/mol. The highest BCUT2D eigenvalue weighted by molar-refractivity contribution is 7.99. The molecule has 0 heterocycles. The predicted octanol–water partition coefficient (Wildman–Crippen LogP) is 3.61. The molecule has 0 saturated carbocycles. The minimum Gasteiger partial charge on any atom is -0.497 e. The number of nitrogens with one attached hydrogen (secondary N) is 2. The minimum absolute atomic E-state index is 0.200. The average molecular weight is 302 g/mol. The Morgan fingerprint density at radius 3 is 2.48 bits per heavy atom. The zero-order chi connectivity index (χ0) is 14.9. The molecule has 5 heteroatoms. The van der Waals surface area contributed by atoms with Crippen LogP contribution >= 0.6 is 11.8 Å². The SMILES string of the molecule is COc1ccc(NC(=O)NCCSc2ccccc2)cc1. The normalized spacial score (nSPS) is 9.95. The number of ether oxygens (including phenoxy) is 1. The maximum Gasteiger partial charge on any atom is 0.319 e. The number of hydrogen-bond acceptors (Lipinski definition) is 3. The van der Waals surface area contributed by atoms with Crippen molar-refractivity contribution < 1.29 is 9.53 Å². The van der Waals surface area contributed by atoms with E-state index in [4.69, 9.17) is 4.74 Å². The van der Waals surface area contributed by atoms with Gasteiger partial charge in [-0.1, -0.05) is 18.2 Å². The van der Waals surface area contributed by atoms with Gasteiger partial charge in [-0.3, -0.25) is 0 Å². The Labute approximate surface area is 128 Å². The van der Waals surface area contributed by atoms with E-state index < -0.39 is 0 Å². The fraction of sp³-hybridized carbons (Fsp3) is 0.188. The second kappa shape index (κ2) is 8.21. The topological polar surface area (TPSA) is 50.4 Å². The van der Waals surface area contributed by atoms with Crippen LogP contribution in [-0.2, 0) is 0 Å². The van der Waals surface area contributed by atoms with Crippen molar-refractivity contribution in [3.63, 3.8) is 0 Å². The van der Waals surface area contributed by atoms with Crippen LogP contribution in [0, 0.1) is 0 Å². The summed E-state index contributed by atoms with van der Waals surface area (Å²) in [4.78, 5) is 12.9. The van der Waals surface area contributed by atoms with Gasteiger partial charge in [0.15, 0.2) is 0 Å². The van der Waals surface area contributed by atoms with Crippen LogP contribution in [-0.4, -0.2) is 25.4 Å². The summed E-state index contributed by atoms with van der Waals surface area (Å²) in [7, 11) is 1.61. The smallest absolute Gasteiger partial charge is 0.319 e. The number of anilines is 1.